The molecule has 1 rings (SSSR count). The number of carbonyl (C=O) groups excluding carboxylic acids is 2. The fourth-order valence-corrected chi connectivity index (χ4v) is 1.47. The van der Waals surface area contributed by atoms with Gasteiger partial charge < -0.3 is 10.1 Å². The van der Waals surface area contributed by atoms with Crippen molar-refractivity contribution in [1.29, 1.82) is 0 Å². The van der Waals surface area contributed by atoms with Crippen LogP contribution in [0.5, 0.6) is 0 Å². The van der Waals surface area contributed by atoms with E-state index in [1.54, 1.807) is 20.8 Å². The summed E-state index contributed by atoms with van der Waals surface area (Å²) in [6.45, 7) is 4.99. The van der Waals surface area contributed by atoms with Crippen LogP contribution in [0.3, 0.4) is 0 Å². The van der Waals surface area contributed by atoms with Crippen LogP contribution in [0, 0.1) is 10.1 Å². The lowest BCUT2D eigenvalue weighted by Gasteiger charge is -2.19. The summed E-state index contributed by atoms with van der Waals surface area (Å²) < 4.78 is 5.04. The first-order valence-electron chi connectivity index (χ1n) is 6.59. The van der Waals surface area contributed by atoms with Crippen LogP contribution < -0.4 is 5.32 Å². The largest absolute Gasteiger partial charge is 0.459 e. The van der Waals surface area contributed by atoms with Crippen molar-refractivity contribution in [2.24, 2.45) is 0 Å². The molecule has 0 saturated carbocycles. The third kappa shape index (κ3) is 6.65. The lowest BCUT2D eigenvalue weighted by molar-refractivity contribution is -0.384. The molecule has 0 saturated heterocycles. The molecule has 118 valence electrons. The van der Waals surface area contributed by atoms with E-state index in [9.17, 15) is 19.7 Å². The molecule has 0 atom stereocenters. The molecule has 1 amide bonds. The Morgan fingerprint density at radius 1 is 1.27 bits per heavy atom. The zero-order chi connectivity index (χ0) is 16.8. The number of amides is 1. The van der Waals surface area contributed by atoms with Crippen molar-refractivity contribution < 1.29 is 19.2 Å². The van der Waals surface area contributed by atoms with Crippen LogP contribution in [0.2, 0.25) is 0 Å². The van der Waals surface area contributed by atoms with E-state index in [1.807, 2.05) is 0 Å². The number of nitro groups is 1. The minimum atomic E-state index is -0.601. The molecule has 0 aliphatic heterocycles. The highest BCUT2D eigenvalue weighted by Crippen LogP contribution is 2.12. The molecule has 22 heavy (non-hydrogen) atoms. The molecule has 0 aromatic heterocycles. The quantitative estimate of drug-likeness (QED) is 0.388. The van der Waals surface area contributed by atoms with E-state index in [1.165, 1.54) is 36.4 Å². The number of nitro benzene ring substituents is 1. The maximum absolute atomic E-state index is 11.5. The number of carbonyl (C=O) groups is 2. The van der Waals surface area contributed by atoms with Gasteiger partial charge in [-0.2, -0.15) is 0 Å². The fourth-order valence-electron chi connectivity index (χ4n) is 1.47. The number of ether oxygens (including phenoxy) is 1. The summed E-state index contributed by atoms with van der Waals surface area (Å²) in [4.78, 5) is 33.0. The Bertz CT molecular complexity index is 585. The highest BCUT2D eigenvalue weighted by Gasteiger charge is 2.16. The lowest BCUT2D eigenvalue weighted by atomic mass is 10.2. The highest BCUT2D eigenvalue weighted by atomic mass is 16.6. The monoisotopic (exact) mass is 306 g/mol. The predicted molar refractivity (Wildman–Crippen MR) is 81.0 cm³/mol. The molecule has 0 aliphatic carbocycles. The molecule has 0 fully saturated rings. The molecule has 0 radical (unpaired) electrons. The van der Waals surface area contributed by atoms with Crippen molar-refractivity contribution in [2.45, 2.75) is 26.4 Å². The second kappa shape index (κ2) is 7.35. The summed E-state index contributed by atoms with van der Waals surface area (Å²) in [5, 5.41) is 12.9. The maximum atomic E-state index is 11.5. The lowest BCUT2D eigenvalue weighted by Crippen LogP contribution is -2.33. The van der Waals surface area contributed by atoms with Crippen LogP contribution in [-0.2, 0) is 14.3 Å². The second-order valence-electron chi connectivity index (χ2n) is 5.49. The van der Waals surface area contributed by atoms with Gasteiger partial charge >= 0.3 is 5.97 Å². The van der Waals surface area contributed by atoms with Gasteiger partial charge in [-0.1, -0.05) is 0 Å². The number of benzene rings is 1. The number of rotatable bonds is 5. The van der Waals surface area contributed by atoms with Crippen LogP contribution in [0.4, 0.5) is 5.69 Å². The number of nitrogens with one attached hydrogen (secondary N) is 1. The van der Waals surface area contributed by atoms with Crippen LogP contribution in [0.25, 0.3) is 6.08 Å². The minimum Gasteiger partial charge on any atom is -0.459 e. The van der Waals surface area contributed by atoms with E-state index in [0.29, 0.717) is 5.56 Å². The van der Waals surface area contributed by atoms with Crippen molar-refractivity contribution in [3.8, 4) is 0 Å². The van der Waals surface area contributed by atoms with Gasteiger partial charge in [-0.15, -0.1) is 0 Å². The fraction of sp³-hybridized carbons (Fsp3) is 0.333. The van der Waals surface area contributed by atoms with Gasteiger partial charge in [0, 0.05) is 18.2 Å². The normalized spacial score (nSPS) is 11.2. The third-order valence-electron chi connectivity index (χ3n) is 2.36. The Morgan fingerprint density at radius 2 is 1.86 bits per heavy atom. The van der Waals surface area contributed by atoms with E-state index >= 15 is 0 Å². The molecule has 1 aromatic rings. The predicted octanol–water partition coefficient (Wildman–Crippen LogP) is 2.07. The first-order chi connectivity index (χ1) is 10.2. The Labute approximate surface area is 128 Å². The van der Waals surface area contributed by atoms with Crippen LogP contribution >= 0.6 is 0 Å². The molecular formula is C15H18N2O5. The van der Waals surface area contributed by atoms with E-state index in [4.69, 9.17) is 4.74 Å². The van der Waals surface area contributed by atoms with Crippen molar-refractivity contribution in [3.63, 3.8) is 0 Å². The van der Waals surface area contributed by atoms with Crippen LogP contribution in [-0.4, -0.2) is 28.9 Å². The molecule has 0 unspecified atom stereocenters. The van der Waals surface area contributed by atoms with E-state index in [0.717, 1.165) is 0 Å². The molecular weight excluding hydrogens is 288 g/mol. The Kier molecular flexibility index (Phi) is 5.80. The van der Waals surface area contributed by atoms with Gasteiger partial charge in [0.25, 0.3) is 5.69 Å². The smallest absolute Gasteiger partial charge is 0.325 e. The molecule has 0 bridgehead atoms. The first kappa shape index (κ1) is 17.4. The Morgan fingerprint density at radius 3 is 2.36 bits per heavy atom. The summed E-state index contributed by atoms with van der Waals surface area (Å²) in [6, 6.07) is 5.74. The van der Waals surface area contributed by atoms with E-state index in [2.05, 4.69) is 5.32 Å². The Balaban J connectivity index is 2.47. The van der Waals surface area contributed by atoms with Crippen molar-refractivity contribution in [1.82, 2.24) is 5.32 Å². The van der Waals surface area contributed by atoms with Gasteiger partial charge in [0.05, 0.1) is 4.92 Å². The summed E-state index contributed by atoms with van der Waals surface area (Å²) in [5.41, 5.74) is 0.0145. The Hall–Kier alpha value is -2.70. The average Bonchev–Trinajstić information content (AvgIpc) is 2.41. The average molecular weight is 306 g/mol. The van der Waals surface area contributed by atoms with Gasteiger partial charge in [-0.05, 0) is 44.5 Å². The van der Waals surface area contributed by atoms with Crippen LogP contribution in [0.1, 0.15) is 26.3 Å². The van der Waals surface area contributed by atoms with Gasteiger partial charge in [0.1, 0.15) is 12.1 Å². The topological polar surface area (TPSA) is 98.5 Å². The molecule has 0 heterocycles. The highest BCUT2D eigenvalue weighted by molar-refractivity contribution is 5.93. The number of hydrogen-bond donors (Lipinski definition) is 1. The first-order valence-corrected chi connectivity index (χ1v) is 6.59. The summed E-state index contributed by atoms with van der Waals surface area (Å²) in [5.74, 6) is -0.978. The van der Waals surface area contributed by atoms with Gasteiger partial charge in [0.2, 0.25) is 5.91 Å². The molecule has 0 aliphatic rings. The molecule has 7 nitrogen and oxygen atoms in total. The molecule has 0 spiro atoms. The summed E-state index contributed by atoms with van der Waals surface area (Å²) >= 11 is 0. The molecule has 1 aromatic carbocycles. The second-order valence-corrected chi connectivity index (χ2v) is 5.49. The summed E-state index contributed by atoms with van der Waals surface area (Å²) in [7, 11) is 0. The number of nitrogens with zero attached hydrogens (tertiary/aromatic N) is 1. The zero-order valence-electron chi connectivity index (χ0n) is 12.7. The van der Waals surface area contributed by atoms with E-state index in [-0.39, 0.29) is 12.2 Å². The molecule has 1 N–H and O–H groups in total. The third-order valence-corrected chi connectivity index (χ3v) is 2.36. The zero-order valence-corrected chi connectivity index (χ0v) is 12.7. The van der Waals surface area contributed by atoms with Gasteiger partial charge in [-0.25, -0.2) is 0 Å². The van der Waals surface area contributed by atoms with Crippen LogP contribution in [0.15, 0.2) is 30.3 Å². The van der Waals surface area contributed by atoms with Gasteiger partial charge in [0.15, 0.2) is 0 Å². The number of hydrogen-bond acceptors (Lipinski definition) is 5. The van der Waals surface area contributed by atoms with E-state index < -0.39 is 22.4 Å². The molecule has 7 heteroatoms. The standard InChI is InChI=1S/C15H18N2O5/c1-15(2,3)22-14(19)10-16-13(18)9-6-11-4-7-12(8-5-11)17(20)21/h4-9H,10H2,1-3H3,(H,16,18). The number of esters is 1. The number of non-ortho nitro benzene ring substituents is 1. The minimum absolute atomic E-state index is 0.0217. The maximum Gasteiger partial charge on any atom is 0.325 e. The SMILES string of the molecule is CC(C)(C)OC(=O)CNC(=O)C=Cc1ccc([N+](=O)[O-])cc1. The van der Waals surface area contributed by atoms with Gasteiger partial charge in [-0.3, -0.25) is 19.7 Å². The summed E-state index contributed by atoms with van der Waals surface area (Å²) in [6.07, 6.45) is 2.74. The van der Waals surface area contributed by atoms with Crippen molar-refractivity contribution in [3.05, 3.63) is 46.0 Å². The van der Waals surface area contributed by atoms with Crippen molar-refractivity contribution >= 4 is 23.6 Å². The van der Waals surface area contributed by atoms with Crippen molar-refractivity contribution in [2.75, 3.05) is 6.54 Å².